The highest BCUT2D eigenvalue weighted by Gasteiger charge is 2.07. The zero-order chi connectivity index (χ0) is 18.7. The number of hydrogen-bond acceptors (Lipinski definition) is 6. The second-order valence-electron chi connectivity index (χ2n) is 3.84. The van der Waals surface area contributed by atoms with Crippen molar-refractivity contribution in [2.24, 2.45) is 0 Å². The molecule has 0 aliphatic heterocycles. The lowest BCUT2D eigenvalue weighted by atomic mass is 9.94. The van der Waals surface area contributed by atoms with Gasteiger partial charge in [-0.3, -0.25) is 0 Å². The first kappa shape index (κ1) is 22.3. The highest BCUT2D eigenvalue weighted by atomic mass is 79.9. The van der Waals surface area contributed by atoms with E-state index in [0.29, 0.717) is 21.2 Å². The molecule has 2 heterocycles. The fourth-order valence-electron chi connectivity index (χ4n) is 1.07. The van der Waals surface area contributed by atoms with E-state index in [0.717, 1.165) is 5.98 Å². The van der Waals surface area contributed by atoms with E-state index in [-0.39, 0.29) is 0 Å². The molecule has 10 heteroatoms. The zero-order valence-corrected chi connectivity index (χ0v) is 15.5. The van der Waals surface area contributed by atoms with Crippen molar-refractivity contribution >= 4 is 63.7 Å². The molecule has 24 heavy (non-hydrogen) atoms. The van der Waals surface area contributed by atoms with Gasteiger partial charge in [0, 0.05) is 20.6 Å². The van der Waals surface area contributed by atoms with E-state index in [9.17, 15) is 9.59 Å². The van der Waals surface area contributed by atoms with Crippen LogP contribution in [0.2, 0.25) is 0 Å². The van der Waals surface area contributed by atoms with E-state index in [4.69, 9.17) is 20.3 Å². The average Bonchev–Trinajstić information content (AvgIpc) is 3.16. The molecule has 0 fully saturated rings. The van der Waals surface area contributed by atoms with Gasteiger partial charge in [-0.2, -0.15) is 22.7 Å². The van der Waals surface area contributed by atoms with Gasteiger partial charge in [-0.15, -0.1) is 6.58 Å². The van der Waals surface area contributed by atoms with E-state index in [1.807, 2.05) is 0 Å². The van der Waals surface area contributed by atoms with E-state index >= 15 is 0 Å². The van der Waals surface area contributed by atoms with E-state index in [2.05, 4.69) is 29.1 Å². The Balaban J connectivity index is 0.000000351. The molecular formula is C14H14BBrO6S2. The van der Waals surface area contributed by atoms with Crippen LogP contribution in [0.15, 0.2) is 45.1 Å². The van der Waals surface area contributed by atoms with Crippen molar-refractivity contribution < 1.29 is 29.9 Å². The molecule has 0 spiro atoms. The van der Waals surface area contributed by atoms with Crippen molar-refractivity contribution in [2.75, 3.05) is 0 Å². The Kier molecular flexibility index (Phi) is 10.9. The molecule has 4 N–H and O–H groups in total. The van der Waals surface area contributed by atoms with E-state index < -0.39 is 19.1 Å². The molecule has 0 aliphatic carbocycles. The predicted octanol–water partition coefficient (Wildman–Crippen LogP) is 3.48. The zero-order valence-electron chi connectivity index (χ0n) is 12.3. The lowest BCUT2D eigenvalue weighted by Crippen LogP contribution is -2.03. The van der Waals surface area contributed by atoms with Crippen molar-refractivity contribution in [1.82, 2.24) is 0 Å². The predicted molar refractivity (Wildman–Crippen MR) is 101 cm³/mol. The number of carboxylic acid groups (broad SMARTS) is 2. The number of carbonyl (C=O) groups is 2. The minimum atomic E-state index is -1.35. The lowest BCUT2D eigenvalue weighted by Gasteiger charge is -1.88. The second-order valence-corrected chi connectivity index (χ2v) is 6.18. The van der Waals surface area contributed by atoms with Crippen molar-refractivity contribution in [3.8, 4) is 0 Å². The third kappa shape index (κ3) is 8.23. The monoisotopic (exact) mass is 432 g/mol. The van der Waals surface area contributed by atoms with Crippen LogP contribution in [0.4, 0.5) is 0 Å². The van der Waals surface area contributed by atoms with Gasteiger partial charge < -0.3 is 20.3 Å². The molecule has 128 valence electrons. The molecule has 0 unspecified atom stereocenters. The summed E-state index contributed by atoms with van der Waals surface area (Å²) in [4.78, 5) is 20.7. The molecule has 2 aromatic heterocycles. The van der Waals surface area contributed by atoms with Crippen LogP contribution in [0.3, 0.4) is 0 Å². The van der Waals surface area contributed by atoms with Gasteiger partial charge >= 0.3 is 19.1 Å². The summed E-state index contributed by atoms with van der Waals surface area (Å²) < 4.78 is 0.653. The van der Waals surface area contributed by atoms with E-state index in [1.165, 1.54) is 22.7 Å². The van der Waals surface area contributed by atoms with Crippen LogP contribution in [-0.4, -0.2) is 39.3 Å². The molecule has 0 amide bonds. The van der Waals surface area contributed by atoms with Gasteiger partial charge in [-0.25, -0.2) is 9.59 Å². The van der Waals surface area contributed by atoms with Crippen molar-refractivity contribution in [3.63, 3.8) is 0 Å². The molecule has 0 aromatic carbocycles. The molecule has 2 rings (SSSR count). The second kappa shape index (κ2) is 11.8. The normalized spacial score (nSPS) is 8.79. The summed E-state index contributed by atoms with van der Waals surface area (Å²) in [6.45, 7) is 6.55. The van der Waals surface area contributed by atoms with E-state index in [1.54, 1.807) is 27.6 Å². The topological polar surface area (TPSA) is 115 Å². The number of rotatable bonds is 4. The van der Waals surface area contributed by atoms with Crippen molar-refractivity contribution in [2.45, 2.75) is 0 Å². The minimum absolute atomic E-state index is 0.333. The van der Waals surface area contributed by atoms with Crippen LogP contribution < -0.4 is 0 Å². The van der Waals surface area contributed by atoms with Gasteiger partial charge in [-0.1, -0.05) is 18.6 Å². The first-order chi connectivity index (χ1) is 11.2. The highest BCUT2D eigenvalue weighted by Crippen LogP contribution is 2.20. The maximum atomic E-state index is 10.4. The first-order valence-electron chi connectivity index (χ1n) is 6.10. The van der Waals surface area contributed by atoms with Gasteiger partial charge in [0.1, 0.15) is 0 Å². The third-order valence-electron chi connectivity index (χ3n) is 2.20. The van der Waals surface area contributed by atoms with Crippen LogP contribution in [0.5, 0.6) is 0 Å². The Morgan fingerprint density at radius 2 is 1.46 bits per heavy atom. The maximum absolute atomic E-state index is 10.4. The Bertz CT molecular complexity index is 695. The summed E-state index contributed by atoms with van der Waals surface area (Å²) in [7, 11) is -1.35. The summed E-state index contributed by atoms with van der Waals surface area (Å²) in [5.74, 6) is -0.751. The number of carboxylic acids is 2. The molecule has 0 aliphatic rings. The third-order valence-corrected chi connectivity index (χ3v) is 4.66. The smallest absolute Gasteiger partial charge is 0.478 e. The largest absolute Gasteiger partial charge is 0.480 e. The highest BCUT2D eigenvalue weighted by molar-refractivity contribution is 9.10. The quantitative estimate of drug-likeness (QED) is 0.549. The Morgan fingerprint density at radius 1 is 1.00 bits per heavy atom. The molecule has 0 bridgehead atoms. The summed E-state index contributed by atoms with van der Waals surface area (Å²) >= 11 is 5.83. The number of thiophene rings is 2. The Hall–Kier alpha value is -1.72. The molecule has 6 nitrogen and oxygen atoms in total. The average molecular weight is 433 g/mol. The SMILES string of the molecule is C=CB(O)O.C=Cc1cscc1C(=O)O.O=C(O)c1cscc1Br. The van der Waals surface area contributed by atoms with Gasteiger partial charge in [-0.05, 0) is 26.9 Å². The summed E-state index contributed by atoms with van der Waals surface area (Å²) in [6, 6.07) is 0. The van der Waals surface area contributed by atoms with Gasteiger partial charge in [0.05, 0.1) is 11.1 Å². The van der Waals surface area contributed by atoms with Crippen LogP contribution in [0.25, 0.3) is 6.08 Å². The summed E-state index contributed by atoms with van der Waals surface area (Å²) in [5.41, 5.74) is 1.36. The van der Waals surface area contributed by atoms with Gasteiger partial charge in [0.2, 0.25) is 0 Å². The fourth-order valence-corrected chi connectivity index (χ4v) is 3.32. The first-order valence-corrected chi connectivity index (χ1v) is 8.78. The maximum Gasteiger partial charge on any atom is 0.480 e. The summed E-state index contributed by atoms with van der Waals surface area (Å²) in [5, 5.41) is 39.3. The van der Waals surface area contributed by atoms with Gasteiger partial charge in [0.15, 0.2) is 0 Å². The molecule has 0 saturated heterocycles. The molecule has 0 saturated carbocycles. The van der Waals surface area contributed by atoms with Crippen molar-refractivity contribution in [3.05, 3.63) is 61.8 Å². The molecule has 2 aromatic rings. The number of aromatic carboxylic acids is 2. The molecule has 0 radical (unpaired) electrons. The Labute approximate surface area is 155 Å². The lowest BCUT2D eigenvalue weighted by molar-refractivity contribution is 0.0686. The molecular weight excluding hydrogens is 419 g/mol. The van der Waals surface area contributed by atoms with Crippen LogP contribution >= 0.6 is 38.6 Å². The van der Waals surface area contributed by atoms with Crippen LogP contribution in [0.1, 0.15) is 26.3 Å². The van der Waals surface area contributed by atoms with Crippen molar-refractivity contribution in [1.29, 1.82) is 0 Å². The van der Waals surface area contributed by atoms with Gasteiger partial charge in [0.25, 0.3) is 0 Å². The number of halogens is 1. The van der Waals surface area contributed by atoms with Crippen LogP contribution in [0, 0.1) is 0 Å². The van der Waals surface area contributed by atoms with Crippen LogP contribution in [-0.2, 0) is 0 Å². The number of hydrogen-bond donors (Lipinski definition) is 4. The molecule has 0 atom stereocenters. The summed E-state index contributed by atoms with van der Waals surface area (Å²) in [6.07, 6.45) is 1.54. The standard InChI is InChI=1S/C7H6O2S.C5H3BrO2S.C2H5BO2/c1-2-5-3-10-4-6(5)7(8)9;6-4-2-9-1-3(4)5(7)8;1-2-3(4)5/h2-4H,1H2,(H,8,9);1-2H,(H,7,8);2,4-5H,1H2. The Morgan fingerprint density at radius 3 is 1.71 bits per heavy atom. The fraction of sp³-hybridized carbons (Fsp3) is 0. The minimum Gasteiger partial charge on any atom is -0.478 e.